The summed E-state index contributed by atoms with van der Waals surface area (Å²) >= 11 is 0. The molecule has 7 rings (SSSR count). The number of nitrogens with two attached hydrogens (primary N) is 1. The number of aliphatic hydroxyl groups excluding tert-OH is 1. The summed E-state index contributed by atoms with van der Waals surface area (Å²) < 4.78 is 13.0. The zero-order valence-electron chi connectivity index (χ0n) is 42.9. The standard InChI is InChI=1S/C54H76BN7O10/c1-8-9-12-35-14-18-37(19-15-35)38-20-22-39(23-21-38)49(67)57-28-26-46(65)60-42(13-10-11-27-56)50(68)62-47(33(3)63)52(70)58-32(2)48(66)61-43(29-36-16-24-41(64)25-17-36)51(69)59-34(4)55-71-45-31-40-30-44(53(40,5)6)54(45,7)72-55/h14-25,32-34,40,42-45,47,63-64H,8-13,26-31,56H2,1-7H3,(H,57,67)(H,58,70)(H,59,69)(H,60,65)(H,61,66)(H,62,68)/t32-,33+,34-,40-,42-,43-,44-,45?,47-,54-/m0/s1. The van der Waals surface area contributed by atoms with E-state index < -0.39 is 78.5 Å². The number of carbonyl (C=O) groups is 6. The van der Waals surface area contributed by atoms with Gasteiger partial charge in [-0.3, -0.25) is 28.8 Å². The van der Waals surface area contributed by atoms with Crippen molar-refractivity contribution in [1.29, 1.82) is 0 Å². The Kier molecular flexibility index (Phi) is 19.1. The zero-order valence-corrected chi connectivity index (χ0v) is 42.9. The topological polar surface area (TPSA) is 260 Å². The normalized spacial score (nSPS) is 22.1. The Labute approximate surface area is 424 Å². The second-order valence-electron chi connectivity index (χ2n) is 20.8. The van der Waals surface area contributed by atoms with Crippen LogP contribution in [-0.4, -0.2) is 114 Å². The first kappa shape index (κ1) is 55.5. The van der Waals surface area contributed by atoms with Crippen molar-refractivity contribution in [2.24, 2.45) is 23.0 Å². The number of carbonyl (C=O) groups excluding carboxylic acids is 6. The van der Waals surface area contributed by atoms with E-state index in [2.05, 4.69) is 83.9 Å². The van der Waals surface area contributed by atoms with Gasteiger partial charge < -0.3 is 57.2 Å². The van der Waals surface area contributed by atoms with Crippen molar-refractivity contribution in [3.63, 3.8) is 0 Å². The van der Waals surface area contributed by atoms with Crippen LogP contribution >= 0.6 is 0 Å². The Hall–Kier alpha value is -5.82. The fourth-order valence-corrected chi connectivity index (χ4v) is 10.4. The number of hydrogen-bond acceptors (Lipinski definition) is 11. The van der Waals surface area contributed by atoms with Crippen molar-refractivity contribution in [1.82, 2.24) is 31.9 Å². The van der Waals surface area contributed by atoms with E-state index in [-0.39, 0.29) is 49.0 Å². The molecule has 10 N–H and O–H groups in total. The maximum Gasteiger partial charge on any atom is 0.481 e. The number of amides is 6. The van der Waals surface area contributed by atoms with Crippen LogP contribution in [-0.2, 0) is 46.1 Å². The highest BCUT2D eigenvalue weighted by Gasteiger charge is 2.68. The van der Waals surface area contributed by atoms with Crippen LogP contribution in [0.5, 0.6) is 5.75 Å². The van der Waals surface area contributed by atoms with E-state index in [4.69, 9.17) is 15.0 Å². The molecule has 2 bridgehead atoms. The molecule has 3 aliphatic carbocycles. The van der Waals surface area contributed by atoms with Crippen LogP contribution < -0.4 is 37.6 Å². The molecule has 1 saturated heterocycles. The van der Waals surface area contributed by atoms with Crippen LogP contribution in [0.2, 0.25) is 0 Å². The lowest BCUT2D eigenvalue weighted by Gasteiger charge is -2.64. The average Bonchev–Trinajstić information content (AvgIpc) is 3.72. The van der Waals surface area contributed by atoms with E-state index in [1.807, 2.05) is 12.1 Å². The molecule has 72 heavy (non-hydrogen) atoms. The molecule has 0 spiro atoms. The summed E-state index contributed by atoms with van der Waals surface area (Å²) in [6.07, 6.45) is 4.80. The number of benzene rings is 3. The van der Waals surface area contributed by atoms with Gasteiger partial charge in [0.15, 0.2) is 0 Å². The molecular weight excluding hydrogens is 917 g/mol. The van der Waals surface area contributed by atoms with E-state index in [1.165, 1.54) is 31.5 Å². The smallest absolute Gasteiger partial charge is 0.481 e. The summed E-state index contributed by atoms with van der Waals surface area (Å²) in [7, 11) is -0.713. The molecule has 6 amide bonds. The van der Waals surface area contributed by atoms with Crippen LogP contribution in [0.4, 0.5) is 0 Å². The first-order chi connectivity index (χ1) is 34.2. The first-order valence-corrected chi connectivity index (χ1v) is 25.7. The summed E-state index contributed by atoms with van der Waals surface area (Å²) in [5, 5.41) is 36.8. The van der Waals surface area contributed by atoms with Gasteiger partial charge in [-0.25, -0.2) is 0 Å². The number of unbranched alkanes of at least 4 members (excludes halogenated alkanes) is 2. The van der Waals surface area contributed by atoms with Crippen molar-refractivity contribution in [3.05, 3.63) is 89.5 Å². The van der Waals surface area contributed by atoms with Crippen molar-refractivity contribution in [2.45, 2.75) is 161 Å². The largest absolute Gasteiger partial charge is 0.508 e. The third-order valence-electron chi connectivity index (χ3n) is 15.1. The van der Waals surface area contributed by atoms with Gasteiger partial charge in [-0.1, -0.05) is 75.7 Å². The second kappa shape index (κ2) is 24.7. The van der Waals surface area contributed by atoms with Gasteiger partial charge in [-0.2, -0.15) is 0 Å². The molecule has 3 saturated carbocycles. The fraction of sp³-hybridized carbons (Fsp3) is 0.556. The van der Waals surface area contributed by atoms with Gasteiger partial charge >= 0.3 is 7.12 Å². The Balaban J connectivity index is 1.01. The maximum atomic E-state index is 14.0. The molecule has 1 heterocycles. The van der Waals surface area contributed by atoms with Gasteiger partial charge in [-0.15, -0.1) is 0 Å². The van der Waals surface area contributed by atoms with Crippen molar-refractivity contribution < 1.29 is 48.3 Å². The summed E-state index contributed by atoms with van der Waals surface area (Å²) in [6, 6.07) is 16.7. The first-order valence-electron chi connectivity index (χ1n) is 25.7. The Morgan fingerprint density at radius 2 is 1.39 bits per heavy atom. The Morgan fingerprint density at radius 3 is 2.01 bits per heavy atom. The molecule has 4 fully saturated rings. The van der Waals surface area contributed by atoms with E-state index in [0.29, 0.717) is 42.3 Å². The number of hydrogen-bond donors (Lipinski definition) is 9. The minimum atomic E-state index is -1.54. The molecule has 1 unspecified atom stereocenters. The van der Waals surface area contributed by atoms with Gasteiger partial charge in [-0.05, 0) is 143 Å². The molecule has 4 aliphatic rings. The number of aliphatic hydroxyl groups is 1. The van der Waals surface area contributed by atoms with Crippen LogP contribution in [0, 0.1) is 17.3 Å². The SMILES string of the molecule is CCCCc1ccc(-c2ccc(C(=O)NCCC(=O)N[C@@H](CCCCN)C(=O)N[C@H](C(=O)N[C@@H](C)C(=O)N[C@@H](Cc3ccc(O)cc3)C(=O)N[C@@H](C)B3OC4C[C@@H]5C[C@@H](C5(C)C)[C@]4(C)O3)[C@@H](C)O)cc2)cc1. The third kappa shape index (κ3) is 13.8. The van der Waals surface area contributed by atoms with Crippen molar-refractivity contribution in [3.8, 4) is 16.9 Å². The number of rotatable bonds is 25. The van der Waals surface area contributed by atoms with Crippen LogP contribution in [0.1, 0.15) is 121 Å². The minimum absolute atomic E-state index is 0.0134. The maximum absolute atomic E-state index is 14.0. The molecule has 390 valence electrons. The monoisotopic (exact) mass is 994 g/mol. The molecular formula is C54H76BN7O10. The van der Waals surface area contributed by atoms with E-state index in [0.717, 1.165) is 43.2 Å². The van der Waals surface area contributed by atoms with Crippen molar-refractivity contribution in [2.75, 3.05) is 13.1 Å². The molecule has 10 atom stereocenters. The second-order valence-corrected chi connectivity index (χ2v) is 20.8. The number of aryl methyl sites for hydroxylation is 1. The van der Waals surface area contributed by atoms with E-state index >= 15 is 0 Å². The lowest BCUT2D eigenvalue weighted by atomic mass is 9.43. The van der Waals surface area contributed by atoms with Gasteiger partial charge in [0.1, 0.15) is 29.9 Å². The van der Waals surface area contributed by atoms with Crippen LogP contribution in [0.15, 0.2) is 72.8 Å². The van der Waals surface area contributed by atoms with E-state index in [9.17, 15) is 39.0 Å². The summed E-state index contributed by atoms with van der Waals surface area (Å²) in [4.78, 5) is 81.3. The summed E-state index contributed by atoms with van der Waals surface area (Å²) in [6.45, 7) is 13.6. The van der Waals surface area contributed by atoms with Gasteiger partial charge in [0.2, 0.25) is 29.5 Å². The van der Waals surface area contributed by atoms with Crippen LogP contribution in [0.25, 0.3) is 11.1 Å². The lowest BCUT2D eigenvalue weighted by Crippen LogP contribution is -2.65. The highest BCUT2D eigenvalue weighted by atomic mass is 16.7. The Morgan fingerprint density at radius 1 is 0.750 bits per heavy atom. The number of phenolic OH excluding ortho intramolecular Hbond substituents is 1. The van der Waals surface area contributed by atoms with Gasteiger partial charge in [0, 0.05) is 24.9 Å². The predicted octanol–water partition coefficient (Wildman–Crippen LogP) is 4.01. The third-order valence-corrected chi connectivity index (χ3v) is 15.1. The quantitative estimate of drug-likeness (QED) is 0.0433. The molecule has 18 heteroatoms. The fourth-order valence-electron chi connectivity index (χ4n) is 10.4. The highest BCUT2D eigenvalue weighted by molar-refractivity contribution is 6.47. The van der Waals surface area contributed by atoms with E-state index in [1.54, 1.807) is 31.2 Å². The predicted molar refractivity (Wildman–Crippen MR) is 275 cm³/mol. The summed E-state index contributed by atoms with van der Waals surface area (Å²) in [5.74, 6) is -3.46. The number of phenols is 1. The van der Waals surface area contributed by atoms with Crippen molar-refractivity contribution >= 4 is 42.6 Å². The van der Waals surface area contributed by atoms with Gasteiger partial charge in [0.05, 0.1) is 23.8 Å². The lowest BCUT2D eigenvalue weighted by molar-refractivity contribution is -0.199. The molecule has 3 aromatic carbocycles. The minimum Gasteiger partial charge on any atom is -0.508 e. The summed E-state index contributed by atoms with van der Waals surface area (Å²) in [5.41, 5.74) is 9.71. The molecule has 0 radical (unpaired) electrons. The number of nitrogens with one attached hydrogen (secondary N) is 6. The number of aromatic hydroxyl groups is 1. The van der Waals surface area contributed by atoms with Crippen LogP contribution in [0.3, 0.4) is 0 Å². The van der Waals surface area contributed by atoms with Gasteiger partial charge in [0.25, 0.3) is 5.91 Å². The molecule has 3 aromatic rings. The zero-order chi connectivity index (χ0) is 52.3. The molecule has 0 aromatic heterocycles. The highest BCUT2D eigenvalue weighted by Crippen LogP contribution is 2.65. The molecule has 1 aliphatic heterocycles. The Bertz CT molecular complexity index is 2350. The average molecular weight is 994 g/mol. The molecule has 17 nitrogen and oxygen atoms in total.